The Labute approximate surface area is 184 Å². The zero-order valence-corrected chi connectivity index (χ0v) is 18.1. The van der Waals surface area contributed by atoms with Gasteiger partial charge in [-0.3, -0.25) is 4.79 Å². The van der Waals surface area contributed by atoms with Crippen LogP contribution >= 0.6 is 0 Å². The van der Waals surface area contributed by atoms with Crippen molar-refractivity contribution in [1.29, 1.82) is 0 Å². The third-order valence-corrected chi connectivity index (χ3v) is 5.35. The van der Waals surface area contributed by atoms with Crippen LogP contribution in [-0.4, -0.2) is 22.6 Å². The van der Waals surface area contributed by atoms with Gasteiger partial charge in [-0.15, -0.1) is 0 Å². The van der Waals surface area contributed by atoms with Crippen molar-refractivity contribution in [1.82, 2.24) is 10.1 Å². The summed E-state index contributed by atoms with van der Waals surface area (Å²) in [6.45, 7) is 4.26. The summed E-state index contributed by atoms with van der Waals surface area (Å²) in [5.74, 6) is -4.58. The zero-order chi connectivity index (χ0) is 23.3. The van der Waals surface area contributed by atoms with Crippen LogP contribution in [0.5, 0.6) is 0 Å². The molecule has 0 radical (unpaired) electrons. The first-order valence-corrected chi connectivity index (χ1v) is 10.8. The van der Waals surface area contributed by atoms with Crippen molar-refractivity contribution in [2.24, 2.45) is 0 Å². The van der Waals surface area contributed by atoms with Crippen LogP contribution in [0.25, 0.3) is 0 Å². The van der Waals surface area contributed by atoms with Crippen molar-refractivity contribution in [2.45, 2.75) is 70.1 Å². The number of alkyl halides is 2. The molecule has 1 heterocycles. The predicted octanol–water partition coefficient (Wildman–Crippen LogP) is 6.21. The highest BCUT2D eigenvalue weighted by Gasteiger charge is 2.32. The minimum Gasteiger partial charge on any atom is -0.333 e. The number of hydrogen-bond donors (Lipinski definition) is 0. The molecule has 0 unspecified atom stereocenters. The van der Waals surface area contributed by atoms with E-state index in [-0.39, 0.29) is 36.3 Å². The molecule has 2 aromatic rings. The molecule has 1 aliphatic carbocycles. The molecular weight excluding hydrogens is 426 g/mol. The average molecular weight is 453 g/mol. The maximum absolute atomic E-state index is 14.1. The Morgan fingerprint density at radius 2 is 2.00 bits per heavy atom. The van der Waals surface area contributed by atoms with Crippen molar-refractivity contribution in [3.05, 3.63) is 53.7 Å². The van der Waals surface area contributed by atoms with Gasteiger partial charge in [0.25, 0.3) is 5.89 Å². The number of unbranched alkanes of at least 4 members (excludes halogenated alkanes) is 2. The van der Waals surface area contributed by atoms with Crippen molar-refractivity contribution in [3.63, 3.8) is 0 Å². The molecule has 1 amide bonds. The Kier molecular flexibility index (Phi) is 7.69. The summed E-state index contributed by atoms with van der Waals surface area (Å²) in [7, 11) is 0. The van der Waals surface area contributed by atoms with Crippen molar-refractivity contribution < 1.29 is 26.9 Å². The number of carbonyl (C=O) groups is 1. The van der Waals surface area contributed by atoms with Gasteiger partial charge in [-0.2, -0.15) is 13.8 Å². The van der Waals surface area contributed by atoms with Gasteiger partial charge in [-0.1, -0.05) is 18.2 Å². The maximum atomic E-state index is 14.1. The molecule has 1 fully saturated rings. The van der Waals surface area contributed by atoms with Crippen LogP contribution in [-0.2, 0) is 17.1 Å². The first kappa shape index (κ1) is 23.9. The van der Waals surface area contributed by atoms with E-state index in [0.717, 1.165) is 12.8 Å². The van der Waals surface area contributed by atoms with Gasteiger partial charge in [-0.05, 0) is 55.4 Å². The molecule has 0 saturated heterocycles. The van der Waals surface area contributed by atoms with E-state index in [1.165, 1.54) is 6.07 Å². The standard InChI is InChI=1S/C23H27F4N3O2/c1-15(24)7-12-21(31)30(17-10-11-19(25)18(14-17)16-8-9-16)13-5-3-4-6-20-28-22(32-29-20)23(2,26)27/h10-11,14,16H,1,3-9,12-13H2,2H3. The fraction of sp³-hybridized carbons (Fsp3) is 0.522. The number of rotatable bonds is 12. The zero-order valence-electron chi connectivity index (χ0n) is 18.1. The second-order valence-electron chi connectivity index (χ2n) is 8.26. The summed E-state index contributed by atoms with van der Waals surface area (Å²) in [5, 5.41) is 3.56. The Morgan fingerprint density at radius 3 is 2.62 bits per heavy atom. The van der Waals surface area contributed by atoms with Gasteiger partial charge < -0.3 is 9.42 Å². The number of aryl methyl sites for hydroxylation is 1. The Morgan fingerprint density at radius 1 is 1.25 bits per heavy atom. The summed E-state index contributed by atoms with van der Waals surface area (Å²) in [4.78, 5) is 18.0. The highest BCUT2D eigenvalue weighted by atomic mass is 19.3. The van der Waals surface area contributed by atoms with Gasteiger partial charge >= 0.3 is 5.92 Å². The van der Waals surface area contributed by atoms with E-state index in [4.69, 9.17) is 0 Å². The molecule has 0 bridgehead atoms. The lowest BCUT2D eigenvalue weighted by Crippen LogP contribution is -2.32. The lowest BCUT2D eigenvalue weighted by molar-refractivity contribution is -0.118. The molecule has 0 aliphatic heterocycles. The number of benzene rings is 1. The molecule has 32 heavy (non-hydrogen) atoms. The van der Waals surface area contributed by atoms with Crippen molar-refractivity contribution in [2.75, 3.05) is 11.4 Å². The van der Waals surface area contributed by atoms with Crippen molar-refractivity contribution >= 4 is 11.6 Å². The SMILES string of the molecule is C=C(F)CCC(=O)N(CCCCCc1noc(C(C)(F)F)n1)c1ccc(F)c(C2CC2)c1. The van der Waals surface area contributed by atoms with Crippen molar-refractivity contribution in [3.8, 4) is 0 Å². The number of anilines is 1. The molecule has 3 rings (SSSR count). The highest BCUT2D eigenvalue weighted by molar-refractivity contribution is 5.93. The molecule has 0 atom stereocenters. The number of amides is 1. The van der Waals surface area contributed by atoms with E-state index >= 15 is 0 Å². The first-order valence-electron chi connectivity index (χ1n) is 10.8. The van der Waals surface area contributed by atoms with E-state index in [1.807, 2.05) is 0 Å². The van der Waals surface area contributed by atoms with E-state index in [1.54, 1.807) is 17.0 Å². The molecule has 1 aliphatic rings. The minimum atomic E-state index is -3.18. The third kappa shape index (κ3) is 6.64. The maximum Gasteiger partial charge on any atom is 0.322 e. The fourth-order valence-electron chi connectivity index (χ4n) is 3.45. The van der Waals surface area contributed by atoms with E-state index in [2.05, 4.69) is 21.2 Å². The minimum absolute atomic E-state index is 0.0255. The van der Waals surface area contributed by atoms with Gasteiger partial charge in [-0.25, -0.2) is 8.78 Å². The second-order valence-corrected chi connectivity index (χ2v) is 8.26. The lowest BCUT2D eigenvalue weighted by Gasteiger charge is -2.24. The van der Waals surface area contributed by atoms with Crippen LogP contribution in [0.3, 0.4) is 0 Å². The molecule has 174 valence electrons. The summed E-state index contributed by atoms with van der Waals surface area (Å²) in [6.07, 6.45) is 4.06. The lowest BCUT2D eigenvalue weighted by atomic mass is 10.1. The van der Waals surface area contributed by atoms with Gasteiger partial charge in [0.15, 0.2) is 5.82 Å². The first-order chi connectivity index (χ1) is 15.1. The van der Waals surface area contributed by atoms with E-state index in [9.17, 15) is 22.4 Å². The number of carbonyl (C=O) groups excluding carboxylic acids is 1. The monoisotopic (exact) mass is 453 g/mol. The highest BCUT2D eigenvalue weighted by Crippen LogP contribution is 2.42. The van der Waals surface area contributed by atoms with E-state index in [0.29, 0.717) is 50.4 Å². The van der Waals surface area contributed by atoms with Crippen LogP contribution in [0.4, 0.5) is 23.2 Å². The number of allylic oxidation sites excluding steroid dienone is 1. The predicted molar refractivity (Wildman–Crippen MR) is 112 cm³/mol. The van der Waals surface area contributed by atoms with Gasteiger partial charge in [0.1, 0.15) is 5.82 Å². The number of nitrogens with zero attached hydrogens (tertiary/aromatic N) is 3. The molecule has 5 nitrogen and oxygen atoms in total. The Hall–Kier alpha value is -2.71. The summed E-state index contributed by atoms with van der Waals surface area (Å²) < 4.78 is 58.1. The molecular formula is C23H27F4N3O2. The molecule has 0 spiro atoms. The van der Waals surface area contributed by atoms with Crippen LogP contribution in [0, 0.1) is 5.82 Å². The fourth-order valence-corrected chi connectivity index (χ4v) is 3.45. The third-order valence-electron chi connectivity index (χ3n) is 5.35. The quantitative estimate of drug-likeness (QED) is 0.283. The van der Waals surface area contributed by atoms with Crippen LogP contribution in [0.2, 0.25) is 0 Å². The van der Waals surface area contributed by atoms with Crippen LogP contribution in [0.1, 0.15) is 75.1 Å². The Bertz CT molecular complexity index is 951. The normalized spacial score (nSPS) is 13.9. The van der Waals surface area contributed by atoms with Gasteiger partial charge in [0.05, 0.1) is 5.83 Å². The van der Waals surface area contributed by atoms with E-state index < -0.39 is 17.6 Å². The molecule has 0 N–H and O–H groups in total. The molecule has 1 saturated carbocycles. The second kappa shape index (κ2) is 10.3. The number of halogens is 4. The largest absolute Gasteiger partial charge is 0.333 e. The average Bonchev–Trinajstić information content (AvgIpc) is 3.45. The topological polar surface area (TPSA) is 59.2 Å². The molecule has 9 heteroatoms. The number of hydrogen-bond acceptors (Lipinski definition) is 4. The van der Waals surface area contributed by atoms with Crippen LogP contribution in [0.15, 0.2) is 35.1 Å². The Balaban J connectivity index is 1.58. The summed E-state index contributed by atoms with van der Waals surface area (Å²) in [6, 6.07) is 4.64. The number of aromatic nitrogens is 2. The van der Waals surface area contributed by atoms with Gasteiger partial charge in [0, 0.05) is 38.4 Å². The van der Waals surface area contributed by atoms with Crippen LogP contribution < -0.4 is 4.90 Å². The smallest absolute Gasteiger partial charge is 0.322 e. The molecule has 1 aromatic heterocycles. The summed E-state index contributed by atoms with van der Waals surface area (Å²) in [5.41, 5.74) is 1.20. The summed E-state index contributed by atoms with van der Waals surface area (Å²) >= 11 is 0. The molecule has 1 aromatic carbocycles. The van der Waals surface area contributed by atoms with Gasteiger partial charge in [0.2, 0.25) is 5.91 Å².